The van der Waals surface area contributed by atoms with Crippen molar-refractivity contribution in [3.05, 3.63) is 0 Å². The highest BCUT2D eigenvalue weighted by molar-refractivity contribution is 7.82. The van der Waals surface area contributed by atoms with E-state index in [2.05, 4.69) is 25.3 Å². The fourth-order valence-corrected chi connectivity index (χ4v) is 0.751. The summed E-state index contributed by atoms with van der Waals surface area (Å²) in [5.41, 5.74) is 0. The molecule has 0 radical (unpaired) electrons. The van der Waals surface area contributed by atoms with Gasteiger partial charge in [-0.1, -0.05) is 0 Å². The first-order valence-corrected chi connectivity index (χ1v) is 5.74. The Balaban J connectivity index is 3.79. The monoisotopic (exact) mass is 266 g/mol. The van der Waals surface area contributed by atoms with Gasteiger partial charge in [0, 0.05) is 0 Å². The van der Waals surface area contributed by atoms with Crippen molar-refractivity contribution >= 4 is 37.2 Å². The van der Waals surface area contributed by atoms with Crippen LogP contribution in [0.15, 0.2) is 0 Å². The number of hydrogen-bond acceptors (Lipinski definition) is 6. The van der Waals surface area contributed by atoms with E-state index in [1.165, 1.54) is 0 Å². The Labute approximate surface area is 107 Å². The van der Waals surface area contributed by atoms with Crippen LogP contribution in [0.3, 0.4) is 0 Å². The molecule has 0 aromatic heterocycles. The van der Waals surface area contributed by atoms with Gasteiger partial charge in [-0.15, -0.1) is 0 Å². The van der Waals surface area contributed by atoms with E-state index in [-0.39, 0.29) is 13.2 Å². The molecule has 0 unspecified atom stereocenters. The first-order valence-electron chi connectivity index (χ1n) is 4.84. The minimum absolute atomic E-state index is 0.0262. The van der Waals surface area contributed by atoms with Crippen molar-refractivity contribution in [1.29, 1.82) is 0 Å². The van der Waals surface area contributed by atoms with Crippen LogP contribution in [0.25, 0.3) is 0 Å². The van der Waals surface area contributed by atoms with Crippen molar-refractivity contribution in [2.75, 3.05) is 13.2 Å². The van der Waals surface area contributed by atoms with Crippen LogP contribution >= 0.6 is 25.3 Å². The van der Waals surface area contributed by atoms with Crippen LogP contribution in [0.2, 0.25) is 0 Å². The Morgan fingerprint density at radius 2 is 1.12 bits per heavy atom. The van der Waals surface area contributed by atoms with Crippen molar-refractivity contribution in [3.63, 3.8) is 0 Å². The Morgan fingerprint density at radius 1 is 0.875 bits per heavy atom. The lowest BCUT2D eigenvalue weighted by Gasteiger charge is -2.17. The van der Waals surface area contributed by atoms with Gasteiger partial charge in [0.2, 0.25) is 0 Å². The molecule has 0 aromatic carbocycles. The van der Waals surface area contributed by atoms with Crippen LogP contribution < -0.4 is 0 Å². The van der Waals surface area contributed by atoms with E-state index in [4.69, 9.17) is 9.47 Å². The Bertz CT molecular complexity index is 235. The zero-order valence-corrected chi connectivity index (χ0v) is 11.7. The third-order valence-corrected chi connectivity index (χ3v) is 1.91. The number of carbonyl (C=O) groups excluding carboxylic acids is 2. The summed E-state index contributed by atoms with van der Waals surface area (Å²) in [7, 11) is 0. The highest BCUT2D eigenvalue weighted by Crippen LogP contribution is 2.15. The summed E-state index contributed by atoms with van der Waals surface area (Å²) in [5.74, 6) is -0.894. The second kappa shape index (κ2) is 5.82. The van der Waals surface area contributed by atoms with Crippen LogP contribution in [0.1, 0.15) is 27.7 Å². The highest BCUT2D eigenvalue weighted by atomic mass is 32.1. The van der Waals surface area contributed by atoms with Gasteiger partial charge in [-0.3, -0.25) is 9.59 Å². The van der Waals surface area contributed by atoms with Crippen LogP contribution in [0.5, 0.6) is 0 Å². The van der Waals surface area contributed by atoms with E-state index >= 15 is 0 Å². The molecule has 16 heavy (non-hydrogen) atoms. The molecule has 94 valence electrons. The summed E-state index contributed by atoms with van der Waals surface area (Å²) < 4.78 is 8.02. The van der Waals surface area contributed by atoms with Crippen molar-refractivity contribution in [3.8, 4) is 0 Å². The molecule has 0 bridgehead atoms. The fraction of sp³-hybridized carbons (Fsp3) is 0.800. The molecule has 0 heterocycles. The van der Waals surface area contributed by atoms with Crippen molar-refractivity contribution < 1.29 is 19.1 Å². The summed E-state index contributed by atoms with van der Waals surface area (Å²) in [6.07, 6.45) is 0. The van der Waals surface area contributed by atoms with Gasteiger partial charge >= 0.3 is 11.9 Å². The SMILES string of the molecule is CC(C)(S)C(=O)OCCOC(=O)C(C)(C)S. The number of carbonyl (C=O) groups is 2. The van der Waals surface area contributed by atoms with Gasteiger partial charge < -0.3 is 9.47 Å². The lowest BCUT2D eigenvalue weighted by atomic mass is 10.2. The van der Waals surface area contributed by atoms with Crippen molar-refractivity contribution in [2.45, 2.75) is 37.2 Å². The molecule has 0 aliphatic carbocycles. The fourth-order valence-electron chi connectivity index (χ4n) is 0.622. The number of esters is 2. The maximum Gasteiger partial charge on any atom is 0.321 e. The first kappa shape index (κ1) is 15.6. The van der Waals surface area contributed by atoms with Crippen LogP contribution in [-0.4, -0.2) is 34.6 Å². The van der Waals surface area contributed by atoms with Crippen LogP contribution in [0, 0.1) is 0 Å². The summed E-state index contributed by atoms with van der Waals surface area (Å²) >= 11 is 8.09. The van der Waals surface area contributed by atoms with E-state index in [0.29, 0.717) is 0 Å². The molecule has 0 saturated heterocycles. The molecule has 0 spiro atoms. The van der Waals surface area contributed by atoms with Gasteiger partial charge in [0.25, 0.3) is 0 Å². The molecule has 0 saturated carbocycles. The topological polar surface area (TPSA) is 52.6 Å². The molecular weight excluding hydrogens is 248 g/mol. The lowest BCUT2D eigenvalue weighted by Crippen LogP contribution is -2.31. The lowest BCUT2D eigenvalue weighted by molar-refractivity contribution is -0.154. The maximum absolute atomic E-state index is 11.3. The molecule has 6 heteroatoms. The smallest absolute Gasteiger partial charge is 0.321 e. The van der Waals surface area contributed by atoms with Gasteiger partial charge in [-0.25, -0.2) is 0 Å². The molecule has 0 aliphatic heterocycles. The Morgan fingerprint density at radius 3 is 1.31 bits per heavy atom. The average molecular weight is 266 g/mol. The quantitative estimate of drug-likeness (QED) is 0.450. The van der Waals surface area contributed by atoms with E-state index in [1.54, 1.807) is 27.7 Å². The number of thiol groups is 2. The molecule has 0 fully saturated rings. The van der Waals surface area contributed by atoms with Gasteiger partial charge in [-0.05, 0) is 27.7 Å². The van der Waals surface area contributed by atoms with Gasteiger partial charge in [0.1, 0.15) is 22.7 Å². The zero-order valence-electron chi connectivity index (χ0n) is 9.94. The van der Waals surface area contributed by atoms with E-state index < -0.39 is 21.4 Å². The van der Waals surface area contributed by atoms with Gasteiger partial charge in [0.15, 0.2) is 0 Å². The first-order chi connectivity index (χ1) is 7.05. The van der Waals surface area contributed by atoms with E-state index in [0.717, 1.165) is 0 Å². The van der Waals surface area contributed by atoms with Crippen LogP contribution in [0.4, 0.5) is 0 Å². The molecule has 0 aromatic rings. The van der Waals surface area contributed by atoms with E-state index in [1.807, 2.05) is 0 Å². The van der Waals surface area contributed by atoms with Gasteiger partial charge in [0.05, 0.1) is 0 Å². The molecule has 0 N–H and O–H groups in total. The third kappa shape index (κ3) is 6.27. The minimum Gasteiger partial charge on any atom is -0.461 e. The molecule has 0 amide bonds. The Kier molecular flexibility index (Phi) is 5.69. The summed E-state index contributed by atoms with van der Waals surface area (Å²) in [4.78, 5) is 22.5. The van der Waals surface area contributed by atoms with Crippen molar-refractivity contribution in [1.82, 2.24) is 0 Å². The summed E-state index contributed by atoms with van der Waals surface area (Å²) in [6.45, 7) is 6.56. The zero-order chi connectivity index (χ0) is 13.0. The molecule has 0 rings (SSSR count). The number of ether oxygens (including phenoxy) is 2. The number of hydrogen-bond donors (Lipinski definition) is 2. The van der Waals surface area contributed by atoms with E-state index in [9.17, 15) is 9.59 Å². The molecule has 0 aliphatic rings. The largest absolute Gasteiger partial charge is 0.461 e. The van der Waals surface area contributed by atoms with Crippen molar-refractivity contribution in [2.24, 2.45) is 0 Å². The van der Waals surface area contributed by atoms with Gasteiger partial charge in [-0.2, -0.15) is 25.3 Å². The standard InChI is InChI=1S/C10H18O4S2/c1-9(2,15)7(11)13-5-6-14-8(12)10(3,4)16/h15-16H,5-6H2,1-4H3. The second-order valence-corrected chi connectivity index (χ2v) is 6.63. The van der Waals surface area contributed by atoms with Crippen LogP contribution in [-0.2, 0) is 19.1 Å². The molecule has 4 nitrogen and oxygen atoms in total. The highest BCUT2D eigenvalue weighted by Gasteiger charge is 2.26. The summed E-state index contributed by atoms with van der Waals surface area (Å²) in [6, 6.07) is 0. The predicted molar refractivity (Wildman–Crippen MR) is 68.0 cm³/mol. The molecular formula is C10H18O4S2. The third-order valence-electron chi connectivity index (χ3n) is 1.55. The minimum atomic E-state index is -0.840. The average Bonchev–Trinajstić information content (AvgIpc) is 2.08. The second-order valence-electron chi connectivity index (χ2n) is 4.39. The summed E-state index contributed by atoms with van der Waals surface area (Å²) in [5, 5.41) is 0. The maximum atomic E-state index is 11.3. The number of rotatable bonds is 5. The Hall–Kier alpha value is -0.360. The normalized spacial score (nSPS) is 12.1. The predicted octanol–water partition coefficient (Wildman–Crippen LogP) is 1.49. The molecule has 0 atom stereocenters.